The average molecular weight is 337 g/mol. The number of urea groups is 1. The van der Waals surface area contributed by atoms with Crippen molar-refractivity contribution in [2.75, 3.05) is 32.7 Å². The van der Waals surface area contributed by atoms with Crippen LogP contribution in [0.3, 0.4) is 0 Å². The van der Waals surface area contributed by atoms with Gasteiger partial charge in [0.05, 0.1) is 5.25 Å². The second-order valence-corrected chi connectivity index (χ2v) is 8.31. The van der Waals surface area contributed by atoms with Crippen LogP contribution in [0.25, 0.3) is 0 Å². The van der Waals surface area contributed by atoms with Crippen LogP contribution in [-0.4, -0.2) is 61.6 Å². The Balaban J connectivity index is 1.41. The minimum atomic E-state index is -3.12. The summed E-state index contributed by atoms with van der Waals surface area (Å²) in [5, 5.41) is 2.74. The largest absolute Gasteiger partial charge is 0.338 e. The van der Waals surface area contributed by atoms with E-state index in [0.717, 1.165) is 19.3 Å². The Morgan fingerprint density at radius 2 is 1.74 bits per heavy atom. The molecule has 1 saturated heterocycles. The van der Waals surface area contributed by atoms with Crippen LogP contribution in [0, 0.1) is 0 Å². The molecule has 1 aliphatic heterocycles. The van der Waals surface area contributed by atoms with Gasteiger partial charge in [-0.15, -0.1) is 0 Å². The molecule has 0 aromatic heterocycles. The molecule has 0 unspecified atom stereocenters. The highest BCUT2D eigenvalue weighted by molar-refractivity contribution is 7.90. The summed E-state index contributed by atoms with van der Waals surface area (Å²) < 4.78 is 25.9. The van der Waals surface area contributed by atoms with E-state index in [1.54, 1.807) is 9.21 Å². The molecule has 0 bridgehead atoms. The Morgan fingerprint density at radius 3 is 2.35 bits per heavy atom. The zero-order valence-corrected chi connectivity index (χ0v) is 14.0. The maximum absolute atomic E-state index is 12.2. The van der Waals surface area contributed by atoms with Crippen molar-refractivity contribution in [1.29, 1.82) is 0 Å². The van der Waals surface area contributed by atoms with Crippen molar-refractivity contribution in [2.24, 2.45) is 0 Å². The third-order valence-corrected chi connectivity index (χ3v) is 6.76. The monoisotopic (exact) mass is 337 g/mol. The predicted molar refractivity (Wildman–Crippen MR) is 88.6 cm³/mol. The normalized spacial score (nSPS) is 19.6. The molecule has 0 spiro atoms. The first-order valence-corrected chi connectivity index (χ1v) is 9.63. The molecular formula is C16H23N3O3S. The first kappa shape index (κ1) is 16.3. The van der Waals surface area contributed by atoms with Gasteiger partial charge in [0.15, 0.2) is 0 Å². The zero-order valence-electron chi connectivity index (χ0n) is 13.1. The van der Waals surface area contributed by atoms with E-state index < -0.39 is 10.0 Å². The smallest absolute Gasteiger partial charge is 0.317 e. The number of nitrogens with zero attached hydrogens (tertiary/aromatic N) is 2. The first-order chi connectivity index (χ1) is 11.1. The summed E-state index contributed by atoms with van der Waals surface area (Å²) in [6.07, 6.45) is 2.35. The lowest BCUT2D eigenvalue weighted by molar-refractivity contribution is 0.172. The van der Waals surface area contributed by atoms with E-state index in [0.29, 0.717) is 32.7 Å². The number of sulfonamides is 1. The van der Waals surface area contributed by atoms with Gasteiger partial charge in [-0.05, 0) is 24.8 Å². The number of benzene rings is 1. The van der Waals surface area contributed by atoms with Crippen molar-refractivity contribution in [3.8, 4) is 0 Å². The molecule has 0 atom stereocenters. The number of hydrogen-bond donors (Lipinski definition) is 1. The number of nitrogens with one attached hydrogen (secondary N) is 1. The van der Waals surface area contributed by atoms with Crippen LogP contribution >= 0.6 is 0 Å². The van der Waals surface area contributed by atoms with Gasteiger partial charge in [0, 0.05) is 32.7 Å². The lowest BCUT2D eigenvalue weighted by Gasteiger charge is -2.34. The van der Waals surface area contributed by atoms with E-state index in [1.165, 1.54) is 5.56 Å². The summed E-state index contributed by atoms with van der Waals surface area (Å²) in [5.41, 5.74) is 1.19. The minimum Gasteiger partial charge on any atom is -0.338 e. The van der Waals surface area contributed by atoms with Gasteiger partial charge in [-0.2, -0.15) is 4.31 Å². The molecule has 1 saturated carbocycles. The molecule has 2 aliphatic rings. The number of carbonyl (C=O) groups is 1. The average Bonchev–Trinajstić information content (AvgIpc) is 3.41. The third kappa shape index (κ3) is 4.03. The topological polar surface area (TPSA) is 69.7 Å². The van der Waals surface area contributed by atoms with Crippen molar-refractivity contribution >= 4 is 16.1 Å². The maximum Gasteiger partial charge on any atom is 0.317 e. The van der Waals surface area contributed by atoms with E-state index >= 15 is 0 Å². The van der Waals surface area contributed by atoms with Crippen LogP contribution in [0.5, 0.6) is 0 Å². The lowest BCUT2D eigenvalue weighted by atomic mass is 10.1. The van der Waals surface area contributed by atoms with Crippen molar-refractivity contribution in [1.82, 2.24) is 14.5 Å². The standard InChI is InChI=1S/C16H23N3O3S/c20-16(17-9-8-14-4-2-1-3-5-14)18-10-12-19(13-11-18)23(21,22)15-6-7-15/h1-5,15H,6-13H2,(H,17,20). The van der Waals surface area contributed by atoms with Crippen LogP contribution in [0.4, 0.5) is 4.79 Å². The van der Waals surface area contributed by atoms with Gasteiger partial charge in [-0.3, -0.25) is 0 Å². The van der Waals surface area contributed by atoms with Crippen molar-refractivity contribution in [2.45, 2.75) is 24.5 Å². The molecule has 126 valence electrons. The van der Waals surface area contributed by atoms with Gasteiger partial charge in [0.25, 0.3) is 0 Å². The highest BCUT2D eigenvalue weighted by Gasteiger charge is 2.41. The number of amides is 2. The summed E-state index contributed by atoms with van der Waals surface area (Å²) in [6.45, 7) is 2.32. The fourth-order valence-corrected chi connectivity index (χ4v) is 4.62. The quantitative estimate of drug-likeness (QED) is 0.873. The molecule has 1 aliphatic carbocycles. The Morgan fingerprint density at radius 1 is 1.09 bits per heavy atom. The number of rotatable bonds is 5. The van der Waals surface area contributed by atoms with Crippen molar-refractivity contribution in [3.05, 3.63) is 35.9 Å². The second kappa shape index (κ2) is 6.88. The summed E-state index contributed by atoms with van der Waals surface area (Å²) in [4.78, 5) is 13.8. The lowest BCUT2D eigenvalue weighted by Crippen LogP contribution is -2.53. The van der Waals surface area contributed by atoms with Crippen LogP contribution in [0.2, 0.25) is 0 Å². The van der Waals surface area contributed by atoms with Gasteiger partial charge in [0.2, 0.25) is 10.0 Å². The molecule has 1 heterocycles. The Labute approximate surface area is 137 Å². The molecule has 3 rings (SSSR count). The second-order valence-electron chi connectivity index (χ2n) is 6.10. The molecule has 2 fully saturated rings. The van der Waals surface area contributed by atoms with Gasteiger partial charge in [0.1, 0.15) is 0 Å². The predicted octanol–water partition coefficient (Wildman–Crippen LogP) is 1.05. The van der Waals surface area contributed by atoms with Gasteiger partial charge in [-0.1, -0.05) is 30.3 Å². The van der Waals surface area contributed by atoms with Crippen LogP contribution in [0.15, 0.2) is 30.3 Å². The SMILES string of the molecule is O=C(NCCc1ccccc1)N1CCN(S(=O)(=O)C2CC2)CC1. The fraction of sp³-hybridized carbons (Fsp3) is 0.562. The molecule has 0 radical (unpaired) electrons. The summed E-state index contributed by atoms with van der Waals surface area (Å²) in [6, 6.07) is 9.90. The zero-order chi connectivity index (χ0) is 16.3. The van der Waals surface area contributed by atoms with E-state index in [9.17, 15) is 13.2 Å². The molecular weight excluding hydrogens is 314 g/mol. The maximum atomic E-state index is 12.2. The van der Waals surface area contributed by atoms with Crippen LogP contribution in [0.1, 0.15) is 18.4 Å². The summed E-state index contributed by atoms with van der Waals surface area (Å²) in [5.74, 6) is 0. The van der Waals surface area contributed by atoms with E-state index in [-0.39, 0.29) is 11.3 Å². The molecule has 7 heteroatoms. The molecule has 1 aromatic carbocycles. The van der Waals surface area contributed by atoms with E-state index in [4.69, 9.17) is 0 Å². The van der Waals surface area contributed by atoms with E-state index in [1.807, 2.05) is 30.3 Å². The van der Waals surface area contributed by atoms with Gasteiger partial charge in [-0.25, -0.2) is 13.2 Å². The summed E-state index contributed by atoms with van der Waals surface area (Å²) in [7, 11) is -3.12. The number of hydrogen-bond acceptors (Lipinski definition) is 3. The highest BCUT2D eigenvalue weighted by Crippen LogP contribution is 2.31. The minimum absolute atomic E-state index is 0.107. The number of carbonyl (C=O) groups excluding carboxylic acids is 1. The van der Waals surface area contributed by atoms with Crippen LogP contribution < -0.4 is 5.32 Å². The summed E-state index contributed by atoms with van der Waals surface area (Å²) >= 11 is 0. The van der Waals surface area contributed by atoms with E-state index in [2.05, 4.69) is 5.32 Å². The highest BCUT2D eigenvalue weighted by atomic mass is 32.2. The Hall–Kier alpha value is -1.60. The van der Waals surface area contributed by atoms with Gasteiger partial charge < -0.3 is 10.2 Å². The Kier molecular flexibility index (Phi) is 4.87. The van der Waals surface area contributed by atoms with Crippen LogP contribution in [-0.2, 0) is 16.4 Å². The fourth-order valence-electron chi connectivity index (χ4n) is 2.79. The molecule has 1 aromatic rings. The molecule has 6 nitrogen and oxygen atoms in total. The first-order valence-electron chi connectivity index (χ1n) is 8.13. The van der Waals surface area contributed by atoms with Crippen molar-refractivity contribution < 1.29 is 13.2 Å². The molecule has 23 heavy (non-hydrogen) atoms. The van der Waals surface area contributed by atoms with Gasteiger partial charge >= 0.3 is 6.03 Å². The molecule has 2 amide bonds. The van der Waals surface area contributed by atoms with Crippen molar-refractivity contribution in [3.63, 3.8) is 0 Å². The Bertz CT molecular complexity index is 636. The molecule has 1 N–H and O–H groups in total. The third-order valence-electron chi connectivity index (χ3n) is 4.36. The number of piperazine rings is 1.